The highest BCUT2D eigenvalue weighted by Gasteiger charge is 2.13. The molecular weight excluding hydrogens is 244 g/mol. The van der Waals surface area contributed by atoms with Crippen LogP contribution < -0.4 is 10.2 Å². The molecule has 0 bridgehead atoms. The highest BCUT2D eigenvalue weighted by Crippen LogP contribution is 2.13. The SMILES string of the molecule is c1coc(CNc2ccnc(N3CCOCC3)n2)c1. The summed E-state index contributed by atoms with van der Waals surface area (Å²) in [4.78, 5) is 10.9. The number of nitrogens with zero attached hydrogens (tertiary/aromatic N) is 3. The number of hydrogen-bond donors (Lipinski definition) is 1. The van der Waals surface area contributed by atoms with E-state index in [1.54, 1.807) is 12.5 Å². The van der Waals surface area contributed by atoms with Crippen LogP contribution in [-0.4, -0.2) is 36.3 Å². The molecule has 19 heavy (non-hydrogen) atoms. The first kappa shape index (κ1) is 12.0. The number of hydrogen-bond acceptors (Lipinski definition) is 6. The zero-order valence-electron chi connectivity index (χ0n) is 10.6. The number of morpholine rings is 1. The molecule has 0 unspecified atom stereocenters. The maximum Gasteiger partial charge on any atom is 0.227 e. The summed E-state index contributed by atoms with van der Waals surface area (Å²) in [5.74, 6) is 2.42. The van der Waals surface area contributed by atoms with Gasteiger partial charge in [-0.2, -0.15) is 4.98 Å². The average molecular weight is 260 g/mol. The lowest BCUT2D eigenvalue weighted by molar-refractivity contribution is 0.122. The fourth-order valence-electron chi connectivity index (χ4n) is 1.95. The van der Waals surface area contributed by atoms with Crippen LogP contribution in [0, 0.1) is 0 Å². The molecule has 6 heteroatoms. The van der Waals surface area contributed by atoms with Crippen molar-refractivity contribution >= 4 is 11.8 Å². The van der Waals surface area contributed by atoms with Crippen molar-refractivity contribution in [2.24, 2.45) is 0 Å². The Balaban J connectivity index is 1.65. The van der Waals surface area contributed by atoms with Gasteiger partial charge in [0, 0.05) is 19.3 Å². The van der Waals surface area contributed by atoms with Gasteiger partial charge in [0.15, 0.2) is 0 Å². The second-order valence-electron chi connectivity index (χ2n) is 4.27. The summed E-state index contributed by atoms with van der Waals surface area (Å²) in [6, 6.07) is 5.65. The molecule has 6 nitrogen and oxygen atoms in total. The van der Waals surface area contributed by atoms with Gasteiger partial charge in [0.1, 0.15) is 11.6 Å². The molecule has 0 aliphatic carbocycles. The van der Waals surface area contributed by atoms with Gasteiger partial charge in [-0.1, -0.05) is 0 Å². The number of aromatic nitrogens is 2. The predicted octanol–water partition coefficient (Wildman–Crippen LogP) is 1.52. The molecule has 0 radical (unpaired) electrons. The molecule has 2 aromatic rings. The molecule has 0 atom stereocenters. The van der Waals surface area contributed by atoms with E-state index >= 15 is 0 Å². The van der Waals surface area contributed by atoms with Crippen LogP contribution in [0.1, 0.15) is 5.76 Å². The van der Waals surface area contributed by atoms with Gasteiger partial charge in [0.25, 0.3) is 0 Å². The standard InChI is InChI=1S/C13H16N4O2/c1-2-11(19-7-1)10-15-12-3-4-14-13(16-12)17-5-8-18-9-6-17/h1-4,7H,5-6,8-10H2,(H,14,15,16). The van der Waals surface area contributed by atoms with Crippen molar-refractivity contribution in [1.82, 2.24) is 9.97 Å². The molecule has 0 spiro atoms. The third-order valence-corrected chi connectivity index (χ3v) is 2.96. The smallest absolute Gasteiger partial charge is 0.227 e. The Hall–Kier alpha value is -2.08. The lowest BCUT2D eigenvalue weighted by Crippen LogP contribution is -2.37. The molecule has 1 aliphatic rings. The first-order valence-corrected chi connectivity index (χ1v) is 6.34. The van der Waals surface area contributed by atoms with Gasteiger partial charge in [0.2, 0.25) is 5.95 Å². The summed E-state index contributed by atoms with van der Waals surface area (Å²) >= 11 is 0. The number of ether oxygens (including phenoxy) is 1. The molecule has 0 saturated carbocycles. The van der Waals surface area contributed by atoms with Crippen LogP contribution in [0.4, 0.5) is 11.8 Å². The number of anilines is 2. The van der Waals surface area contributed by atoms with E-state index in [1.807, 2.05) is 18.2 Å². The van der Waals surface area contributed by atoms with Crippen molar-refractivity contribution in [3.63, 3.8) is 0 Å². The van der Waals surface area contributed by atoms with Crippen molar-refractivity contribution in [2.45, 2.75) is 6.54 Å². The zero-order valence-corrected chi connectivity index (χ0v) is 10.6. The van der Waals surface area contributed by atoms with E-state index in [0.717, 1.165) is 43.8 Å². The number of rotatable bonds is 4. The van der Waals surface area contributed by atoms with E-state index in [-0.39, 0.29) is 0 Å². The molecule has 3 rings (SSSR count). The lowest BCUT2D eigenvalue weighted by atomic mass is 10.4. The van der Waals surface area contributed by atoms with Crippen LogP contribution in [0.3, 0.4) is 0 Å². The van der Waals surface area contributed by atoms with Gasteiger partial charge in [-0.05, 0) is 18.2 Å². The Morgan fingerprint density at radius 3 is 2.95 bits per heavy atom. The van der Waals surface area contributed by atoms with Crippen molar-refractivity contribution in [2.75, 3.05) is 36.5 Å². The Morgan fingerprint density at radius 1 is 1.26 bits per heavy atom. The first-order valence-electron chi connectivity index (χ1n) is 6.34. The largest absolute Gasteiger partial charge is 0.467 e. The van der Waals surface area contributed by atoms with Gasteiger partial charge in [-0.25, -0.2) is 4.98 Å². The fraction of sp³-hybridized carbons (Fsp3) is 0.385. The van der Waals surface area contributed by atoms with Crippen LogP contribution in [0.5, 0.6) is 0 Å². The third-order valence-electron chi connectivity index (χ3n) is 2.96. The van der Waals surface area contributed by atoms with E-state index < -0.39 is 0 Å². The lowest BCUT2D eigenvalue weighted by Gasteiger charge is -2.26. The normalized spacial score (nSPS) is 15.5. The Bertz CT molecular complexity index is 509. The van der Waals surface area contributed by atoms with Crippen molar-refractivity contribution in [1.29, 1.82) is 0 Å². The molecular formula is C13H16N4O2. The maximum atomic E-state index is 5.32. The van der Waals surface area contributed by atoms with E-state index in [2.05, 4.69) is 20.2 Å². The highest BCUT2D eigenvalue weighted by molar-refractivity contribution is 5.41. The van der Waals surface area contributed by atoms with Crippen molar-refractivity contribution < 1.29 is 9.15 Å². The average Bonchev–Trinajstić information content (AvgIpc) is 3.00. The van der Waals surface area contributed by atoms with E-state index in [1.165, 1.54) is 0 Å². The van der Waals surface area contributed by atoms with Crippen LogP contribution in [0.25, 0.3) is 0 Å². The minimum Gasteiger partial charge on any atom is -0.467 e. The van der Waals surface area contributed by atoms with Gasteiger partial charge in [0.05, 0.1) is 26.0 Å². The summed E-state index contributed by atoms with van der Waals surface area (Å²) in [5, 5.41) is 3.22. The van der Waals surface area contributed by atoms with E-state index in [4.69, 9.17) is 9.15 Å². The Labute approximate surface area is 111 Å². The van der Waals surface area contributed by atoms with Crippen LogP contribution >= 0.6 is 0 Å². The second-order valence-corrected chi connectivity index (χ2v) is 4.27. The molecule has 2 aromatic heterocycles. The number of nitrogens with one attached hydrogen (secondary N) is 1. The molecule has 0 aromatic carbocycles. The molecule has 1 fully saturated rings. The monoisotopic (exact) mass is 260 g/mol. The highest BCUT2D eigenvalue weighted by atomic mass is 16.5. The van der Waals surface area contributed by atoms with Gasteiger partial charge in [-0.15, -0.1) is 0 Å². The van der Waals surface area contributed by atoms with Gasteiger partial charge < -0.3 is 19.4 Å². The first-order chi connectivity index (χ1) is 9.42. The Kier molecular flexibility index (Phi) is 3.60. The topological polar surface area (TPSA) is 63.4 Å². The summed E-state index contributed by atoms with van der Waals surface area (Å²) < 4.78 is 10.6. The van der Waals surface area contributed by atoms with Crippen molar-refractivity contribution in [3.05, 3.63) is 36.4 Å². The summed E-state index contributed by atoms with van der Waals surface area (Å²) in [6.07, 6.45) is 3.43. The minimum absolute atomic E-state index is 0.618. The molecule has 1 saturated heterocycles. The molecule has 0 amide bonds. The minimum atomic E-state index is 0.618. The molecule has 100 valence electrons. The van der Waals surface area contributed by atoms with Gasteiger partial charge >= 0.3 is 0 Å². The number of furan rings is 1. The predicted molar refractivity (Wildman–Crippen MR) is 71.1 cm³/mol. The van der Waals surface area contributed by atoms with Crippen LogP contribution in [0.2, 0.25) is 0 Å². The second kappa shape index (κ2) is 5.71. The zero-order chi connectivity index (χ0) is 12.9. The maximum absolute atomic E-state index is 5.32. The van der Waals surface area contributed by atoms with Crippen LogP contribution in [0.15, 0.2) is 35.1 Å². The Morgan fingerprint density at radius 2 is 2.16 bits per heavy atom. The summed E-state index contributed by atoms with van der Waals surface area (Å²) in [5.41, 5.74) is 0. The van der Waals surface area contributed by atoms with Crippen LogP contribution in [-0.2, 0) is 11.3 Å². The fourth-order valence-corrected chi connectivity index (χ4v) is 1.95. The molecule has 1 aliphatic heterocycles. The quantitative estimate of drug-likeness (QED) is 0.899. The van der Waals surface area contributed by atoms with E-state index in [9.17, 15) is 0 Å². The third kappa shape index (κ3) is 3.03. The summed E-state index contributed by atoms with van der Waals surface area (Å²) in [7, 11) is 0. The summed E-state index contributed by atoms with van der Waals surface area (Å²) in [6.45, 7) is 3.75. The van der Waals surface area contributed by atoms with Crippen molar-refractivity contribution in [3.8, 4) is 0 Å². The van der Waals surface area contributed by atoms with Gasteiger partial charge in [-0.3, -0.25) is 0 Å². The molecule has 3 heterocycles. The molecule has 1 N–H and O–H groups in total. The van der Waals surface area contributed by atoms with E-state index in [0.29, 0.717) is 6.54 Å².